The van der Waals surface area contributed by atoms with Crippen molar-refractivity contribution in [2.24, 2.45) is 5.84 Å². The van der Waals surface area contributed by atoms with Gasteiger partial charge in [-0.05, 0) is 59.1 Å². The summed E-state index contributed by atoms with van der Waals surface area (Å²) >= 11 is 3.30. The van der Waals surface area contributed by atoms with Gasteiger partial charge in [0.05, 0.1) is 7.11 Å². The second-order valence-corrected chi connectivity index (χ2v) is 5.22. The van der Waals surface area contributed by atoms with Gasteiger partial charge in [-0.15, -0.1) is 0 Å². The van der Waals surface area contributed by atoms with Crippen LogP contribution >= 0.6 is 15.9 Å². The average Bonchev–Trinajstić information content (AvgIpc) is 2.78. The van der Waals surface area contributed by atoms with E-state index in [0.29, 0.717) is 4.67 Å². The van der Waals surface area contributed by atoms with Gasteiger partial charge < -0.3 is 9.15 Å². The Balaban J connectivity index is 2.55. The molecule has 1 atom stereocenters. The van der Waals surface area contributed by atoms with Gasteiger partial charge in [0.25, 0.3) is 0 Å². The topological polar surface area (TPSA) is 60.4 Å². The van der Waals surface area contributed by atoms with Crippen molar-refractivity contribution < 1.29 is 9.15 Å². The molecule has 0 spiro atoms. The van der Waals surface area contributed by atoms with Crippen LogP contribution < -0.4 is 16.0 Å². The molecular formula is C14H17BrN2O2. The maximum absolute atomic E-state index is 5.70. The fourth-order valence-electron chi connectivity index (χ4n) is 2.27. The minimum atomic E-state index is -0.248. The highest BCUT2D eigenvalue weighted by Crippen LogP contribution is 2.34. The lowest BCUT2D eigenvalue weighted by atomic mass is 9.96. The molecule has 0 aliphatic rings. The lowest BCUT2D eigenvalue weighted by Crippen LogP contribution is -2.29. The van der Waals surface area contributed by atoms with Crippen molar-refractivity contribution in [3.05, 3.63) is 51.4 Å². The molecule has 1 aromatic carbocycles. The number of hydrogen-bond acceptors (Lipinski definition) is 4. The summed E-state index contributed by atoms with van der Waals surface area (Å²) in [7, 11) is 1.66. The SMILES string of the molecule is COc1cc(C)cc(C)c1C(NN)c1ccc(Br)o1. The highest BCUT2D eigenvalue weighted by Gasteiger charge is 2.22. The fraction of sp³-hybridized carbons (Fsp3) is 0.286. The minimum absolute atomic E-state index is 0.248. The molecule has 0 bridgehead atoms. The number of aryl methyl sites for hydroxylation is 2. The van der Waals surface area contributed by atoms with Crippen LogP contribution in [-0.2, 0) is 0 Å². The van der Waals surface area contributed by atoms with Crippen molar-refractivity contribution in [3.63, 3.8) is 0 Å². The van der Waals surface area contributed by atoms with Gasteiger partial charge in [0.15, 0.2) is 4.67 Å². The third kappa shape index (κ3) is 2.83. The highest BCUT2D eigenvalue weighted by atomic mass is 79.9. The largest absolute Gasteiger partial charge is 0.496 e. The number of rotatable bonds is 4. The Morgan fingerprint density at radius 2 is 2.05 bits per heavy atom. The van der Waals surface area contributed by atoms with Crippen molar-refractivity contribution in [1.29, 1.82) is 0 Å². The molecule has 0 radical (unpaired) electrons. The van der Waals surface area contributed by atoms with Gasteiger partial charge in [0.2, 0.25) is 0 Å². The molecule has 1 unspecified atom stereocenters. The Labute approximate surface area is 121 Å². The van der Waals surface area contributed by atoms with Crippen molar-refractivity contribution >= 4 is 15.9 Å². The van der Waals surface area contributed by atoms with Crippen molar-refractivity contribution in [1.82, 2.24) is 5.43 Å². The van der Waals surface area contributed by atoms with Gasteiger partial charge in [0, 0.05) is 5.56 Å². The summed E-state index contributed by atoms with van der Waals surface area (Å²) in [6.07, 6.45) is 0. The van der Waals surface area contributed by atoms with Crippen LogP contribution in [0.1, 0.15) is 28.5 Å². The van der Waals surface area contributed by atoms with Crippen LogP contribution in [-0.4, -0.2) is 7.11 Å². The summed E-state index contributed by atoms with van der Waals surface area (Å²) in [6.45, 7) is 4.07. The molecule has 19 heavy (non-hydrogen) atoms. The van der Waals surface area contributed by atoms with E-state index in [0.717, 1.165) is 28.2 Å². The number of hydrazine groups is 1. The molecule has 5 heteroatoms. The van der Waals surface area contributed by atoms with Crippen molar-refractivity contribution in [2.75, 3.05) is 7.11 Å². The van der Waals surface area contributed by atoms with Gasteiger partial charge in [-0.3, -0.25) is 5.84 Å². The molecule has 1 aromatic heterocycles. The van der Waals surface area contributed by atoms with E-state index in [4.69, 9.17) is 15.0 Å². The number of ether oxygens (including phenoxy) is 1. The number of nitrogens with two attached hydrogens (primary N) is 1. The van der Waals surface area contributed by atoms with Crippen LogP contribution in [0.3, 0.4) is 0 Å². The quantitative estimate of drug-likeness (QED) is 0.669. The van der Waals surface area contributed by atoms with E-state index < -0.39 is 0 Å². The molecule has 0 aliphatic carbocycles. The standard InChI is InChI=1S/C14H17BrN2O2/c1-8-6-9(2)13(11(7-8)18-3)14(17-16)10-4-5-12(15)19-10/h4-7,14,17H,16H2,1-3H3. The molecule has 2 aromatic rings. The number of methoxy groups -OCH3 is 1. The maximum atomic E-state index is 5.70. The zero-order valence-corrected chi connectivity index (χ0v) is 12.7. The second-order valence-electron chi connectivity index (χ2n) is 4.44. The van der Waals surface area contributed by atoms with Crippen molar-refractivity contribution in [3.8, 4) is 5.75 Å². The van der Waals surface area contributed by atoms with Gasteiger partial charge in [-0.25, -0.2) is 5.43 Å². The fourth-order valence-corrected chi connectivity index (χ4v) is 2.59. The molecule has 0 fully saturated rings. The van der Waals surface area contributed by atoms with Crippen LogP contribution in [0.4, 0.5) is 0 Å². The summed E-state index contributed by atoms with van der Waals surface area (Å²) in [5.41, 5.74) is 6.02. The number of hydrogen-bond donors (Lipinski definition) is 2. The zero-order chi connectivity index (χ0) is 14.0. The summed E-state index contributed by atoms with van der Waals surface area (Å²) in [4.78, 5) is 0. The molecule has 0 saturated heterocycles. The number of furan rings is 1. The smallest absolute Gasteiger partial charge is 0.169 e. The van der Waals surface area contributed by atoms with E-state index in [9.17, 15) is 0 Å². The van der Waals surface area contributed by atoms with Crippen LogP contribution in [0.5, 0.6) is 5.75 Å². The molecule has 0 aliphatic heterocycles. The molecule has 1 heterocycles. The average molecular weight is 325 g/mol. The first kappa shape index (κ1) is 14.1. The van der Waals surface area contributed by atoms with E-state index in [1.165, 1.54) is 0 Å². The predicted molar refractivity (Wildman–Crippen MR) is 78.0 cm³/mol. The highest BCUT2D eigenvalue weighted by molar-refractivity contribution is 9.10. The Morgan fingerprint density at radius 1 is 1.32 bits per heavy atom. The molecule has 0 amide bonds. The van der Waals surface area contributed by atoms with Gasteiger partial charge in [0.1, 0.15) is 17.6 Å². The summed E-state index contributed by atoms with van der Waals surface area (Å²) < 4.78 is 11.7. The molecule has 102 valence electrons. The Kier molecular flexibility index (Phi) is 4.29. The monoisotopic (exact) mass is 324 g/mol. The molecule has 4 nitrogen and oxygen atoms in total. The molecular weight excluding hydrogens is 308 g/mol. The number of halogens is 1. The van der Waals surface area contributed by atoms with E-state index in [2.05, 4.69) is 27.4 Å². The van der Waals surface area contributed by atoms with Crippen LogP contribution in [0.25, 0.3) is 0 Å². The Bertz CT molecular complexity index is 581. The van der Waals surface area contributed by atoms with Gasteiger partial charge in [-0.1, -0.05) is 6.07 Å². The van der Waals surface area contributed by atoms with E-state index in [1.807, 2.05) is 32.0 Å². The first-order chi connectivity index (χ1) is 9.06. The number of nitrogens with one attached hydrogen (secondary N) is 1. The third-order valence-electron chi connectivity index (χ3n) is 3.05. The maximum Gasteiger partial charge on any atom is 0.169 e. The van der Waals surface area contributed by atoms with E-state index in [-0.39, 0.29) is 6.04 Å². The van der Waals surface area contributed by atoms with Crippen LogP contribution in [0.2, 0.25) is 0 Å². The summed E-state index contributed by atoms with van der Waals surface area (Å²) in [5.74, 6) is 7.23. The third-order valence-corrected chi connectivity index (χ3v) is 3.47. The lowest BCUT2D eigenvalue weighted by Gasteiger charge is -2.20. The summed E-state index contributed by atoms with van der Waals surface area (Å²) in [6, 6.07) is 7.57. The Hall–Kier alpha value is -1.30. The van der Waals surface area contributed by atoms with Gasteiger partial charge in [-0.2, -0.15) is 0 Å². The zero-order valence-electron chi connectivity index (χ0n) is 11.2. The normalized spacial score (nSPS) is 12.5. The molecule has 0 saturated carbocycles. The Morgan fingerprint density at radius 3 is 2.58 bits per heavy atom. The van der Waals surface area contributed by atoms with Crippen LogP contribution in [0.15, 0.2) is 33.4 Å². The lowest BCUT2D eigenvalue weighted by molar-refractivity contribution is 0.389. The van der Waals surface area contributed by atoms with Crippen LogP contribution in [0, 0.1) is 13.8 Å². The van der Waals surface area contributed by atoms with E-state index in [1.54, 1.807) is 7.11 Å². The predicted octanol–water partition coefficient (Wildman–Crippen LogP) is 3.22. The second kappa shape index (κ2) is 5.77. The summed E-state index contributed by atoms with van der Waals surface area (Å²) in [5, 5.41) is 0. The molecule has 2 rings (SSSR count). The number of benzene rings is 1. The minimum Gasteiger partial charge on any atom is -0.496 e. The van der Waals surface area contributed by atoms with Crippen molar-refractivity contribution in [2.45, 2.75) is 19.9 Å². The first-order valence-electron chi connectivity index (χ1n) is 5.93. The van der Waals surface area contributed by atoms with Gasteiger partial charge >= 0.3 is 0 Å². The van der Waals surface area contributed by atoms with E-state index >= 15 is 0 Å². The first-order valence-corrected chi connectivity index (χ1v) is 6.72. The molecule has 3 N–H and O–H groups in total.